The predicted octanol–water partition coefficient (Wildman–Crippen LogP) is 3.12. The number of aromatic amines is 1. The van der Waals surface area contributed by atoms with Gasteiger partial charge < -0.3 is 5.32 Å². The summed E-state index contributed by atoms with van der Waals surface area (Å²) in [5.74, 6) is -0.773. The van der Waals surface area contributed by atoms with E-state index in [2.05, 4.69) is 32.2 Å². The van der Waals surface area contributed by atoms with E-state index in [1.807, 2.05) is 0 Å². The summed E-state index contributed by atoms with van der Waals surface area (Å²) in [4.78, 5) is 27.8. The fourth-order valence-electron chi connectivity index (χ4n) is 3.30. The highest BCUT2D eigenvalue weighted by molar-refractivity contribution is 6.05. The van der Waals surface area contributed by atoms with Gasteiger partial charge in [0, 0.05) is 17.8 Å². The average molecular weight is 460 g/mol. The number of H-pyrrole nitrogens is 1. The molecular formula is C20H19F3N8O2. The number of nitrogens with one attached hydrogen (secondary N) is 2. The van der Waals surface area contributed by atoms with Gasteiger partial charge in [-0.15, -0.1) is 5.10 Å². The molecule has 0 bridgehead atoms. The first kappa shape index (κ1) is 22.0. The molecule has 0 fully saturated rings. The number of rotatable bonds is 5. The lowest BCUT2D eigenvalue weighted by molar-refractivity contribution is -0.0686. The number of hydrogen-bond acceptors (Lipinski definition) is 5. The van der Waals surface area contributed by atoms with E-state index in [9.17, 15) is 22.8 Å². The van der Waals surface area contributed by atoms with Crippen LogP contribution in [0, 0.1) is 6.92 Å². The third-order valence-corrected chi connectivity index (χ3v) is 5.03. The highest BCUT2D eigenvalue weighted by atomic mass is 19.4. The van der Waals surface area contributed by atoms with Crippen molar-refractivity contribution in [3.63, 3.8) is 0 Å². The van der Waals surface area contributed by atoms with Crippen LogP contribution in [0.3, 0.4) is 0 Å². The molecule has 4 aromatic rings. The third-order valence-electron chi connectivity index (χ3n) is 5.03. The SMILES string of the molecule is C=C(c1cnn(C(C)C)c1NC(=O)c1cnn(-c2nn3cccc3c(=O)[nH]2)c1C)C(F)(F)F. The van der Waals surface area contributed by atoms with Gasteiger partial charge in [0.15, 0.2) is 0 Å². The summed E-state index contributed by atoms with van der Waals surface area (Å²) < 4.78 is 43.7. The molecule has 4 rings (SSSR count). The maximum absolute atomic E-state index is 13.3. The van der Waals surface area contributed by atoms with E-state index in [1.165, 1.54) is 20.1 Å². The van der Waals surface area contributed by atoms with Crippen LogP contribution in [0.25, 0.3) is 17.0 Å². The molecule has 0 saturated carbocycles. The van der Waals surface area contributed by atoms with Crippen molar-refractivity contribution >= 4 is 22.8 Å². The van der Waals surface area contributed by atoms with Crippen LogP contribution in [-0.4, -0.2) is 46.2 Å². The maximum Gasteiger partial charge on any atom is 0.416 e. The first-order valence-corrected chi connectivity index (χ1v) is 9.77. The first-order chi connectivity index (χ1) is 15.5. The molecule has 4 aromatic heterocycles. The Kier molecular flexibility index (Phi) is 5.18. The van der Waals surface area contributed by atoms with Crippen LogP contribution in [0.4, 0.5) is 19.0 Å². The third kappa shape index (κ3) is 3.81. The van der Waals surface area contributed by atoms with Crippen molar-refractivity contribution in [2.24, 2.45) is 0 Å². The number of halogens is 3. The Morgan fingerprint density at radius 1 is 1.21 bits per heavy atom. The summed E-state index contributed by atoms with van der Waals surface area (Å²) in [7, 11) is 0. The zero-order chi connectivity index (χ0) is 24.1. The molecule has 0 spiro atoms. The molecule has 10 nitrogen and oxygen atoms in total. The Balaban J connectivity index is 1.71. The van der Waals surface area contributed by atoms with E-state index in [1.54, 1.807) is 39.1 Å². The fourth-order valence-corrected chi connectivity index (χ4v) is 3.30. The van der Waals surface area contributed by atoms with Gasteiger partial charge >= 0.3 is 6.18 Å². The van der Waals surface area contributed by atoms with E-state index in [-0.39, 0.29) is 28.9 Å². The molecule has 0 aliphatic heterocycles. The minimum Gasteiger partial charge on any atom is -0.306 e. The fraction of sp³-hybridized carbons (Fsp3) is 0.250. The van der Waals surface area contributed by atoms with E-state index >= 15 is 0 Å². The average Bonchev–Trinajstić information content (AvgIpc) is 3.44. The van der Waals surface area contributed by atoms with Crippen molar-refractivity contribution in [2.45, 2.75) is 33.0 Å². The van der Waals surface area contributed by atoms with Gasteiger partial charge in [-0.05, 0) is 32.9 Å². The number of allylic oxidation sites excluding steroid dienone is 1. The van der Waals surface area contributed by atoms with Crippen LogP contribution in [0.5, 0.6) is 0 Å². The summed E-state index contributed by atoms with van der Waals surface area (Å²) >= 11 is 0. The number of amides is 1. The Morgan fingerprint density at radius 2 is 1.91 bits per heavy atom. The highest BCUT2D eigenvalue weighted by Crippen LogP contribution is 2.37. The molecule has 4 heterocycles. The molecule has 0 aliphatic carbocycles. The maximum atomic E-state index is 13.3. The molecule has 0 aliphatic rings. The predicted molar refractivity (Wildman–Crippen MR) is 113 cm³/mol. The largest absolute Gasteiger partial charge is 0.416 e. The lowest BCUT2D eigenvalue weighted by Crippen LogP contribution is -2.20. The van der Waals surface area contributed by atoms with Gasteiger partial charge in [-0.25, -0.2) is 13.9 Å². The topological polar surface area (TPSA) is 115 Å². The number of hydrogen-bond donors (Lipinski definition) is 2. The summed E-state index contributed by atoms with van der Waals surface area (Å²) in [6, 6.07) is 2.91. The summed E-state index contributed by atoms with van der Waals surface area (Å²) in [6.07, 6.45) is -0.857. The second-order valence-electron chi connectivity index (χ2n) is 7.55. The van der Waals surface area contributed by atoms with Gasteiger partial charge in [-0.1, -0.05) is 6.58 Å². The van der Waals surface area contributed by atoms with Crippen molar-refractivity contribution < 1.29 is 18.0 Å². The molecule has 2 N–H and O–H groups in total. The Hall–Kier alpha value is -4.16. The monoisotopic (exact) mass is 460 g/mol. The molecule has 1 amide bonds. The number of fused-ring (bicyclic) bond motifs is 1. The van der Waals surface area contributed by atoms with E-state index in [4.69, 9.17) is 0 Å². The minimum absolute atomic E-state index is 0.0682. The standard InChI is InChI=1S/C20H19F3N8O2/c1-10(2)30-16(13(8-24-30)11(3)20(21,22)23)26-17(32)14-9-25-31(12(14)4)19-27-18(33)15-6-5-7-29(15)28-19/h5-10H,3H2,1-2,4H3,(H,26,32)(H,27,28,33). The van der Waals surface area contributed by atoms with Gasteiger partial charge in [0.05, 0.1) is 29.2 Å². The van der Waals surface area contributed by atoms with E-state index in [0.29, 0.717) is 11.2 Å². The van der Waals surface area contributed by atoms with Crippen LogP contribution >= 0.6 is 0 Å². The van der Waals surface area contributed by atoms with E-state index in [0.717, 1.165) is 6.20 Å². The second-order valence-corrected chi connectivity index (χ2v) is 7.55. The van der Waals surface area contributed by atoms with Gasteiger partial charge in [0.25, 0.3) is 11.5 Å². The zero-order valence-electron chi connectivity index (χ0n) is 17.8. The van der Waals surface area contributed by atoms with Crippen molar-refractivity contribution in [3.8, 4) is 5.95 Å². The molecule has 0 aromatic carbocycles. The Bertz CT molecular complexity index is 1440. The van der Waals surface area contributed by atoms with Gasteiger partial charge in [-0.2, -0.15) is 23.4 Å². The van der Waals surface area contributed by atoms with Gasteiger partial charge in [0.1, 0.15) is 11.3 Å². The molecule has 0 saturated heterocycles. The van der Waals surface area contributed by atoms with E-state index < -0.39 is 23.2 Å². The molecule has 172 valence electrons. The van der Waals surface area contributed by atoms with Gasteiger partial charge in [0.2, 0.25) is 5.95 Å². The minimum atomic E-state index is -4.69. The van der Waals surface area contributed by atoms with Crippen molar-refractivity contribution in [2.75, 3.05) is 5.32 Å². The Labute approximate surface area is 184 Å². The lowest BCUT2D eigenvalue weighted by Gasteiger charge is -2.15. The smallest absolute Gasteiger partial charge is 0.306 e. The quantitative estimate of drug-likeness (QED) is 0.475. The Morgan fingerprint density at radius 3 is 2.58 bits per heavy atom. The molecule has 0 unspecified atom stereocenters. The molecule has 33 heavy (non-hydrogen) atoms. The molecular weight excluding hydrogens is 441 g/mol. The van der Waals surface area contributed by atoms with Crippen molar-refractivity contribution in [1.82, 2.24) is 34.2 Å². The van der Waals surface area contributed by atoms with Crippen LogP contribution in [0.2, 0.25) is 0 Å². The van der Waals surface area contributed by atoms with Crippen LogP contribution in [0.1, 0.15) is 41.5 Å². The highest BCUT2D eigenvalue weighted by Gasteiger charge is 2.36. The summed E-state index contributed by atoms with van der Waals surface area (Å²) in [6.45, 7) is 8.10. The lowest BCUT2D eigenvalue weighted by atomic mass is 10.1. The summed E-state index contributed by atoms with van der Waals surface area (Å²) in [5, 5.41) is 14.8. The molecule has 0 atom stereocenters. The summed E-state index contributed by atoms with van der Waals surface area (Å²) in [5.41, 5.74) is -1.14. The first-order valence-electron chi connectivity index (χ1n) is 9.77. The van der Waals surface area contributed by atoms with Crippen LogP contribution in [0.15, 0.2) is 42.1 Å². The number of carbonyl (C=O) groups is 1. The number of anilines is 1. The van der Waals surface area contributed by atoms with Gasteiger partial charge in [-0.3, -0.25) is 14.6 Å². The number of carbonyl (C=O) groups excluding carboxylic acids is 1. The van der Waals surface area contributed by atoms with Crippen LogP contribution in [-0.2, 0) is 0 Å². The van der Waals surface area contributed by atoms with Crippen molar-refractivity contribution in [1.29, 1.82) is 0 Å². The zero-order valence-corrected chi connectivity index (χ0v) is 17.8. The molecule has 13 heteroatoms. The number of aromatic nitrogens is 7. The van der Waals surface area contributed by atoms with Crippen LogP contribution < -0.4 is 10.9 Å². The number of alkyl halides is 3. The van der Waals surface area contributed by atoms with Crippen molar-refractivity contribution in [3.05, 3.63) is 64.5 Å². The normalized spacial score (nSPS) is 12.0. The number of nitrogens with zero attached hydrogens (tertiary/aromatic N) is 6. The molecule has 0 radical (unpaired) electrons. The second kappa shape index (κ2) is 7.76.